The summed E-state index contributed by atoms with van der Waals surface area (Å²) in [6.45, 7) is 7.13. The van der Waals surface area contributed by atoms with Crippen LogP contribution < -0.4 is 11.1 Å². The molecule has 0 amide bonds. The number of Topliss-reactive ketones (excluding diaryl/α,β-unsaturated/α-hetero) is 1. The fourth-order valence-corrected chi connectivity index (χ4v) is 2.86. The van der Waals surface area contributed by atoms with E-state index < -0.39 is 5.82 Å². The molecule has 0 aliphatic carbocycles. The van der Waals surface area contributed by atoms with Gasteiger partial charge < -0.3 is 11.1 Å². The van der Waals surface area contributed by atoms with Gasteiger partial charge >= 0.3 is 0 Å². The van der Waals surface area contributed by atoms with Crippen LogP contribution in [-0.2, 0) is 13.0 Å². The first kappa shape index (κ1) is 19.3. The second kappa shape index (κ2) is 8.46. The number of ketones is 1. The maximum absolute atomic E-state index is 14.1. The normalized spacial score (nSPS) is 10.3. The Bertz CT molecular complexity index is 1080. The summed E-state index contributed by atoms with van der Waals surface area (Å²) in [5.41, 5.74) is 7.71. The highest BCUT2D eigenvalue weighted by Crippen LogP contribution is 2.23. The van der Waals surface area contributed by atoms with E-state index in [0.717, 1.165) is 0 Å². The molecular weight excluding hydrogens is 381 g/mol. The van der Waals surface area contributed by atoms with Crippen LogP contribution in [0.15, 0.2) is 48.8 Å². The Morgan fingerprint density at radius 3 is 2.82 bits per heavy atom. The molecule has 0 fully saturated rings. The summed E-state index contributed by atoms with van der Waals surface area (Å²) in [6, 6.07) is 9.31. The van der Waals surface area contributed by atoms with Gasteiger partial charge in [0.15, 0.2) is 5.78 Å². The number of pyridine rings is 2. The standard InChI is InChI=1S/C20H15ClFN5O/c1-24-14-9-15(21)19(27-11-14)18(28)8-12-4-5-16(22)13(7-12)10-26-17-3-2-6-25-20(17)23/h2-7,9,11,26H,8,10H2,(H2,23,25). The van der Waals surface area contributed by atoms with Gasteiger partial charge in [-0.3, -0.25) is 9.78 Å². The number of rotatable bonds is 6. The largest absolute Gasteiger partial charge is 0.382 e. The van der Waals surface area contributed by atoms with Crippen molar-refractivity contribution >= 4 is 34.6 Å². The third kappa shape index (κ3) is 4.42. The van der Waals surface area contributed by atoms with Crippen LogP contribution >= 0.6 is 11.6 Å². The monoisotopic (exact) mass is 395 g/mol. The molecule has 0 saturated carbocycles. The van der Waals surface area contributed by atoms with Crippen molar-refractivity contribution in [2.24, 2.45) is 0 Å². The highest BCUT2D eigenvalue weighted by Gasteiger charge is 2.15. The van der Waals surface area contributed by atoms with Crippen LogP contribution in [0.25, 0.3) is 4.85 Å². The van der Waals surface area contributed by atoms with E-state index >= 15 is 0 Å². The lowest BCUT2D eigenvalue weighted by Gasteiger charge is -2.11. The minimum Gasteiger partial charge on any atom is -0.382 e. The number of aromatic nitrogens is 2. The average molecular weight is 396 g/mol. The van der Waals surface area contributed by atoms with Gasteiger partial charge in [-0.25, -0.2) is 14.2 Å². The van der Waals surface area contributed by atoms with Gasteiger partial charge in [0, 0.05) is 30.9 Å². The van der Waals surface area contributed by atoms with Crippen molar-refractivity contribution in [2.75, 3.05) is 11.1 Å². The predicted octanol–water partition coefficient (Wildman–Crippen LogP) is 4.44. The first-order valence-corrected chi connectivity index (χ1v) is 8.63. The molecule has 28 heavy (non-hydrogen) atoms. The van der Waals surface area contributed by atoms with E-state index in [2.05, 4.69) is 20.1 Å². The molecule has 3 rings (SSSR count). The highest BCUT2D eigenvalue weighted by molar-refractivity contribution is 6.33. The van der Waals surface area contributed by atoms with Crippen LogP contribution in [-0.4, -0.2) is 15.8 Å². The first-order valence-electron chi connectivity index (χ1n) is 8.26. The third-order valence-electron chi connectivity index (χ3n) is 4.00. The van der Waals surface area contributed by atoms with Gasteiger partial charge in [0.2, 0.25) is 5.69 Å². The summed E-state index contributed by atoms with van der Waals surface area (Å²) in [5.74, 6) is -0.398. The molecule has 0 aliphatic heterocycles. The van der Waals surface area contributed by atoms with Gasteiger partial charge in [-0.1, -0.05) is 23.7 Å². The number of nitrogens with zero attached hydrogens (tertiary/aromatic N) is 3. The number of nitrogens with one attached hydrogen (secondary N) is 1. The van der Waals surface area contributed by atoms with Crippen LogP contribution in [0.1, 0.15) is 21.6 Å². The van der Waals surface area contributed by atoms with Crippen LogP contribution in [0.5, 0.6) is 0 Å². The lowest BCUT2D eigenvalue weighted by Crippen LogP contribution is -2.09. The molecule has 8 heteroatoms. The Labute approximate surface area is 166 Å². The quantitative estimate of drug-likeness (QED) is 0.476. The van der Waals surface area contributed by atoms with Crippen molar-refractivity contribution in [1.82, 2.24) is 9.97 Å². The number of anilines is 2. The molecular formula is C20H15ClFN5O. The first-order chi connectivity index (χ1) is 13.5. The second-order valence-corrected chi connectivity index (χ2v) is 6.36. The molecule has 2 aromatic heterocycles. The van der Waals surface area contributed by atoms with Gasteiger partial charge in [-0.2, -0.15) is 0 Å². The second-order valence-electron chi connectivity index (χ2n) is 5.95. The minimum absolute atomic E-state index is 0.00635. The molecule has 0 spiro atoms. The lowest BCUT2D eigenvalue weighted by molar-refractivity contribution is 0.0988. The number of hydrogen-bond acceptors (Lipinski definition) is 5. The number of carbonyl (C=O) groups excluding carboxylic acids is 1. The Morgan fingerprint density at radius 2 is 2.11 bits per heavy atom. The summed E-state index contributed by atoms with van der Waals surface area (Å²) in [6.07, 6.45) is 2.87. The van der Waals surface area contributed by atoms with Crippen LogP contribution in [0.4, 0.5) is 21.6 Å². The molecule has 3 N–H and O–H groups in total. The molecule has 140 valence electrons. The average Bonchev–Trinajstić information content (AvgIpc) is 2.69. The topological polar surface area (TPSA) is 85.3 Å². The molecule has 1 aromatic carbocycles. The number of hydrogen-bond donors (Lipinski definition) is 2. The van der Waals surface area contributed by atoms with Gasteiger partial charge in [0.25, 0.3) is 0 Å². The zero-order valence-electron chi connectivity index (χ0n) is 14.6. The third-order valence-corrected chi connectivity index (χ3v) is 4.29. The maximum Gasteiger partial charge on any atom is 0.206 e. The fraction of sp³-hybridized carbons (Fsp3) is 0.100. The summed E-state index contributed by atoms with van der Waals surface area (Å²) in [5, 5.41) is 3.15. The summed E-state index contributed by atoms with van der Waals surface area (Å²) in [4.78, 5) is 23.6. The van der Waals surface area contributed by atoms with Crippen molar-refractivity contribution in [1.29, 1.82) is 0 Å². The minimum atomic E-state index is -0.399. The number of nitrogens with two attached hydrogens (primary N) is 1. The molecule has 0 saturated heterocycles. The van der Waals surface area contributed by atoms with Crippen molar-refractivity contribution in [3.63, 3.8) is 0 Å². The molecule has 0 atom stereocenters. The van der Waals surface area contributed by atoms with E-state index in [1.165, 1.54) is 24.4 Å². The van der Waals surface area contributed by atoms with Crippen molar-refractivity contribution < 1.29 is 9.18 Å². The van der Waals surface area contributed by atoms with E-state index in [1.54, 1.807) is 24.4 Å². The molecule has 6 nitrogen and oxygen atoms in total. The zero-order chi connectivity index (χ0) is 20.1. The molecule has 0 unspecified atom stereocenters. The zero-order valence-corrected chi connectivity index (χ0v) is 15.4. The van der Waals surface area contributed by atoms with E-state index in [-0.39, 0.29) is 35.2 Å². The van der Waals surface area contributed by atoms with Crippen LogP contribution in [0, 0.1) is 12.4 Å². The molecule has 3 aromatic rings. The molecule has 0 radical (unpaired) electrons. The van der Waals surface area contributed by atoms with Crippen molar-refractivity contribution in [3.05, 3.63) is 87.9 Å². The van der Waals surface area contributed by atoms with Gasteiger partial charge in [0.1, 0.15) is 17.3 Å². The van der Waals surface area contributed by atoms with Crippen molar-refractivity contribution in [3.8, 4) is 0 Å². The summed E-state index contributed by atoms with van der Waals surface area (Å²) in [7, 11) is 0. The van der Waals surface area contributed by atoms with Crippen LogP contribution in [0.3, 0.4) is 0 Å². The smallest absolute Gasteiger partial charge is 0.206 e. The number of halogens is 2. The number of benzene rings is 1. The molecule has 0 bridgehead atoms. The van der Waals surface area contributed by atoms with E-state index in [9.17, 15) is 9.18 Å². The van der Waals surface area contributed by atoms with Crippen molar-refractivity contribution in [2.45, 2.75) is 13.0 Å². The van der Waals surface area contributed by atoms with Gasteiger partial charge in [-0.15, -0.1) is 0 Å². The highest BCUT2D eigenvalue weighted by atomic mass is 35.5. The van der Waals surface area contributed by atoms with E-state index in [4.69, 9.17) is 23.9 Å². The maximum atomic E-state index is 14.1. The van der Waals surface area contributed by atoms with Gasteiger partial charge in [-0.05, 0) is 29.8 Å². The number of carbonyl (C=O) groups is 1. The Balaban J connectivity index is 1.75. The Kier molecular flexibility index (Phi) is 5.82. The summed E-state index contributed by atoms with van der Waals surface area (Å²) < 4.78 is 14.1. The fourth-order valence-electron chi connectivity index (χ4n) is 2.59. The SMILES string of the molecule is [C-]#[N+]c1cnc(C(=O)Cc2ccc(F)c(CNc3cccnc3N)c2)c(Cl)c1. The van der Waals surface area contributed by atoms with Gasteiger partial charge in [0.05, 0.1) is 17.3 Å². The van der Waals surface area contributed by atoms with E-state index in [1.807, 2.05) is 0 Å². The number of nitrogen functional groups attached to an aromatic ring is 1. The predicted molar refractivity (Wildman–Crippen MR) is 106 cm³/mol. The van der Waals surface area contributed by atoms with E-state index in [0.29, 0.717) is 22.6 Å². The Hall–Kier alpha value is -3.50. The molecule has 2 heterocycles. The molecule has 0 aliphatic rings. The van der Waals surface area contributed by atoms with Crippen LogP contribution in [0.2, 0.25) is 5.02 Å². The lowest BCUT2D eigenvalue weighted by atomic mass is 10.0. The summed E-state index contributed by atoms with van der Waals surface area (Å²) >= 11 is 6.04. The Morgan fingerprint density at radius 1 is 1.29 bits per heavy atom.